The van der Waals surface area contributed by atoms with Crippen LogP contribution in [0, 0.1) is 13.8 Å². The molecule has 0 aliphatic rings. The number of para-hydroxylation sites is 1. The molecule has 9 nitrogen and oxygen atoms in total. The molecule has 0 bridgehead atoms. The first kappa shape index (κ1) is 27.5. The first-order chi connectivity index (χ1) is 18.3. The first-order valence-corrected chi connectivity index (χ1v) is 13.5. The van der Waals surface area contributed by atoms with Crippen LogP contribution in [0.4, 0.5) is 0 Å². The molecule has 0 amide bonds. The molecule has 1 aromatic carbocycles. The minimum Gasteiger partial charge on any atom is -0.494 e. The summed E-state index contributed by atoms with van der Waals surface area (Å²) in [6.07, 6.45) is 3.38. The molecule has 200 valence electrons. The Morgan fingerprint density at radius 3 is 2.16 bits per heavy atom. The summed E-state index contributed by atoms with van der Waals surface area (Å²) in [5.41, 5.74) is 3.33. The van der Waals surface area contributed by atoms with Crippen LogP contribution >= 0.6 is 11.8 Å². The molecule has 0 spiro atoms. The van der Waals surface area contributed by atoms with Gasteiger partial charge in [-0.05, 0) is 57.5 Å². The second kappa shape index (κ2) is 12.4. The van der Waals surface area contributed by atoms with Gasteiger partial charge in [0, 0.05) is 23.3 Å². The maximum atomic E-state index is 6.26. The maximum Gasteiger partial charge on any atom is 0.187 e. The zero-order valence-corrected chi connectivity index (χ0v) is 23.7. The van der Waals surface area contributed by atoms with E-state index in [1.807, 2.05) is 81.1 Å². The number of aromatic nitrogens is 6. The zero-order valence-electron chi connectivity index (χ0n) is 22.9. The second-order valence-corrected chi connectivity index (χ2v) is 10.6. The lowest BCUT2D eigenvalue weighted by molar-refractivity contribution is 0.00277. The fraction of sp³-hybridized carbons (Fsp3) is 0.393. The molecule has 0 aliphatic heterocycles. The van der Waals surface area contributed by atoms with E-state index < -0.39 is 0 Å². The highest BCUT2D eigenvalue weighted by Gasteiger charge is 2.27. The van der Waals surface area contributed by atoms with Crippen molar-refractivity contribution in [1.82, 2.24) is 29.7 Å². The summed E-state index contributed by atoms with van der Waals surface area (Å²) in [5.74, 6) is 3.85. The summed E-state index contributed by atoms with van der Waals surface area (Å²) in [6, 6.07) is 11.5. The molecule has 3 heterocycles. The van der Waals surface area contributed by atoms with Crippen LogP contribution in [-0.4, -0.2) is 55.3 Å². The van der Waals surface area contributed by atoms with E-state index in [2.05, 4.69) is 27.1 Å². The van der Waals surface area contributed by atoms with Crippen molar-refractivity contribution < 1.29 is 14.2 Å². The Bertz CT molecular complexity index is 1340. The number of thioether (sulfide) groups is 1. The van der Waals surface area contributed by atoms with Crippen LogP contribution in [0.2, 0.25) is 0 Å². The molecule has 4 aromatic rings. The predicted octanol–water partition coefficient (Wildman–Crippen LogP) is 5.54. The smallest absolute Gasteiger partial charge is 0.187 e. The number of rotatable bonds is 11. The maximum absolute atomic E-state index is 6.26. The fourth-order valence-corrected chi connectivity index (χ4v) is 5.01. The van der Waals surface area contributed by atoms with Gasteiger partial charge in [0.15, 0.2) is 11.6 Å². The minimum absolute atomic E-state index is 0.0217. The molecule has 3 aromatic heterocycles. The van der Waals surface area contributed by atoms with Crippen molar-refractivity contribution in [3.63, 3.8) is 0 Å². The molecule has 0 saturated carbocycles. The van der Waals surface area contributed by atoms with Crippen LogP contribution in [0.1, 0.15) is 49.8 Å². The topological polar surface area (TPSA) is 97.1 Å². The third kappa shape index (κ3) is 6.14. The standard InChI is InChI=1S/C28H34N6O3S/c1-17(2)37-26(27-29-14-18(3)15-30-27)20(5)38-16-24-32-33-28(21-11-8-10-19(4)31-21)34(24)25-22(35-6)12-9-13-23(25)36-7/h8-15,17,20,26H,16H2,1-7H3/t20-,26+/m1/s1. The van der Waals surface area contributed by atoms with E-state index in [1.165, 1.54) is 0 Å². The van der Waals surface area contributed by atoms with Crippen molar-refractivity contribution in [3.8, 4) is 28.7 Å². The summed E-state index contributed by atoms with van der Waals surface area (Å²) in [5, 5.41) is 9.19. The molecule has 0 saturated heterocycles. The number of nitrogens with zero attached hydrogens (tertiary/aromatic N) is 6. The van der Waals surface area contributed by atoms with Gasteiger partial charge < -0.3 is 14.2 Å². The molecule has 0 radical (unpaired) electrons. The molecule has 0 unspecified atom stereocenters. The quantitative estimate of drug-likeness (QED) is 0.246. The Morgan fingerprint density at radius 1 is 0.895 bits per heavy atom. The van der Waals surface area contributed by atoms with Crippen molar-refractivity contribution in [1.29, 1.82) is 0 Å². The Balaban J connectivity index is 1.74. The van der Waals surface area contributed by atoms with Crippen molar-refractivity contribution in [2.75, 3.05) is 14.2 Å². The lowest BCUT2D eigenvalue weighted by Gasteiger charge is -2.25. The van der Waals surface area contributed by atoms with E-state index in [0.29, 0.717) is 34.6 Å². The van der Waals surface area contributed by atoms with Gasteiger partial charge in [-0.3, -0.25) is 4.57 Å². The van der Waals surface area contributed by atoms with Crippen LogP contribution in [-0.2, 0) is 10.5 Å². The number of hydrogen-bond acceptors (Lipinski definition) is 9. The summed E-state index contributed by atoms with van der Waals surface area (Å²) < 4.78 is 19.7. The van der Waals surface area contributed by atoms with Gasteiger partial charge in [0.25, 0.3) is 0 Å². The monoisotopic (exact) mass is 534 g/mol. The van der Waals surface area contributed by atoms with Crippen LogP contribution in [0.5, 0.6) is 11.5 Å². The molecule has 2 atom stereocenters. The Morgan fingerprint density at radius 2 is 1.55 bits per heavy atom. The summed E-state index contributed by atoms with van der Waals surface area (Å²) in [4.78, 5) is 13.8. The Kier molecular flexibility index (Phi) is 8.96. The third-order valence-corrected chi connectivity index (χ3v) is 7.05. The van der Waals surface area contributed by atoms with Crippen molar-refractivity contribution in [3.05, 3.63) is 71.7 Å². The number of benzene rings is 1. The molecular weight excluding hydrogens is 500 g/mol. The number of hydrogen-bond donors (Lipinski definition) is 0. The highest BCUT2D eigenvalue weighted by Crippen LogP contribution is 2.38. The SMILES string of the molecule is COc1cccc(OC)c1-n1c(CS[C@H](C)[C@H](OC(C)C)c2ncc(C)cn2)nnc1-c1cccc(C)n1. The van der Waals surface area contributed by atoms with Crippen LogP contribution < -0.4 is 9.47 Å². The normalized spacial score (nSPS) is 12.9. The third-order valence-electron chi connectivity index (χ3n) is 5.85. The molecule has 10 heteroatoms. The van der Waals surface area contributed by atoms with Crippen molar-refractivity contribution >= 4 is 11.8 Å². The summed E-state index contributed by atoms with van der Waals surface area (Å²) >= 11 is 1.70. The van der Waals surface area contributed by atoms with E-state index in [1.54, 1.807) is 26.0 Å². The van der Waals surface area contributed by atoms with Gasteiger partial charge in [0.2, 0.25) is 0 Å². The second-order valence-electron chi connectivity index (χ2n) is 9.19. The van der Waals surface area contributed by atoms with E-state index in [9.17, 15) is 0 Å². The van der Waals surface area contributed by atoms with Crippen LogP contribution in [0.3, 0.4) is 0 Å². The average Bonchev–Trinajstić information content (AvgIpc) is 3.33. The number of pyridine rings is 1. The average molecular weight is 535 g/mol. The largest absolute Gasteiger partial charge is 0.494 e. The molecule has 0 N–H and O–H groups in total. The number of ether oxygens (including phenoxy) is 3. The van der Waals surface area contributed by atoms with Gasteiger partial charge in [-0.1, -0.05) is 19.1 Å². The van der Waals surface area contributed by atoms with Gasteiger partial charge in [-0.25, -0.2) is 15.0 Å². The van der Waals surface area contributed by atoms with Crippen LogP contribution in [0.25, 0.3) is 17.2 Å². The number of aryl methyl sites for hydroxylation is 2. The fourth-order valence-electron chi connectivity index (χ4n) is 4.05. The van der Waals surface area contributed by atoms with Gasteiger partial charge in [-0.15, -0.1) is 22.0 Å². The van der Waals surface area contributed by atoms with E-state index >= 15 is 0 Å². The molecule has 0 fully saturated rings. The highest BCUT2D eigenvalue weighted by molar-refractivity contribution is 7.99. The Labute approximate surface area is 228 Å². The Hall–Kier alpha value is -3.50. The van der Waals surface area contributed by atoms with Gasteiger partial charge in [0.1, 0.15) is 34.8 Å². The van der Waals surface area contributed by atoms with E-state index in [4.69, 9.17) is 19.2 Å². The van der Waals surface area contributed by atoms with Gasteiger partial charge >= 0.3 is 0 Å². The molecular formula is C28H34N6O3S. The predicted molar refractivity (Wildman–Crippen MR) is 149 cm³/mol. The summed E-state index contributed by atoms with van der Waals surface area (Å²) in [7, 11) is 3.28. The zero-order chi connectivity index (χ0) is 27.2. The van der Waals surface area contributed by atoms with E-state index in [-0.39, 0.29) is 17.5 Å². The first-order valence-electron chi connectivity index (χ1n) is 12.5. The van der Waals surface area contributed by atoms with Gasteiger partial charge in [0.05, 0.1) is 26.1 Å². The lowest BCUT2D eigenvalue weighted by atomic mass is 10.2. The highest BCUT2D eigenvalue weighted by atomic mass is 32.2. The van der Waals surface area contributed by atoms with E-state index in [0.717, 1.165) is 22.8 Å². The lowest BCUT2D eigenvalue weighted by Crippen LogP contribution is -2.22. The molecule has 4 rings (SSSR count). The molecule has 38 heavy (non-hydrogen) atoms. The van der Waals surface area contributed by atoms with Crippen molar-refractivity contribution in [2.24, 2.45) is 0 Å². The van der Waals surface area contributed by atoms with Crippen LogP contribution in [0.15, 0.2) is 48.8 Å². The minimum atomic E-state index is -0.282. The summed E-state index contributed by atoms with van der Waals surface area (Å²) in [6.45, 7) is 10.1. The molecule has 0 aliphatic carbocycles. The van der Waals surface area contributed by atoms with Gasteiger partial charge in [-0.2, -0.15) is 0 Å². The number of methoxy groups -OCH3 is 2. The van der Waals surface area contributed by atoms with Crippen molar-refractivity contribution in [2.45, 2.75) is 57.8 Å².